The topological polar surface area (TPSA) is 70.1 Å². The fraction of sp³-hybridized carbons (Fsp3) is 0.217. The number of likely N-dealkylation sites (N-methyl/N-ethyl adjacent to an activating group) is 1. The third-order valence-corrected chi connectivity index (χ3v) is 5.53. The van der Waals surface area contributed by atoms with Gasteiger partial charge < -0.3 is 15.1 Å². The lowest BCUT2D eigenvalue weighted by Gasteiger charge is -2.33. The molecule has 0 amide bonds. The van der Waals surface area contributed by atoms with Crippen LogP contribution < -0.4 is 10.2 Å². The lowest BCUT2D eigenvalue weighted by Crippen LogP contribution is -2.44. The molecule has 1 fully saturated rings. The van der Waals surface area contributed by atoms with Crippen LogP contribution in [-0.2, 0) is 0 Å². The summed E-state index contributed by atoms with van der Waals surface area (Å²) in [4.78, 5) is 21.3. The van der Waals surface area contributed by atoms with E-state index in [-0.39, 0.29) is 17.2 Å². The average molecular weight is 433 g/mol. The van der Waals surface area contributed by atoms with Gasteiger partial charge in [0, 0.05) is 43.3 Å². The quantitative estimate of drug-likeness (QED) is 0.524. The molecule has 5 rings (SSSR count). The molecule has 1 aliphatic rings. The number of aromatic nitrogens is 4. The second kappa shape index (κ2) is 8.43. The molecule has 0 unspecified atom stereocenters. The van der Waals surface area contributed by atoms with Crippen molar-refractivity contribution in [2.24, 2.45) is 0 Å². The van der Waals surface area contributed by atoms with E-state index in [0.717, 1.165) is 38.1 Å². The van der Waals surface area contributed by atoms with Crippen molar-refractivity contribution in [3.05, 3.63) is 66.6 Å². The number of halogens is 2. The van der Waals surface area contributed by atoms with Gasteiger partial charge in [0.2, 0.25) is 5.95 Å². The monoisotopic (exact) mass is 433 g/mol. The van der Waals surface area contributed by atoms with Crippen LogP contribution in [0.4, 0.5) is 26.2 Å². The smallest absolute Gasteiger partial charge is 0.229 e. The third-order valence-electron chi connectivity index (χ3n) is 5.53. The second-order valence-electron chi connectivity index (χ2n) is 7.74. The van der Waals surface area contributed by atoms with Crippen LogP contribution in [-0.4, -0.2) is 58.1 Å². The first-order chi connectivity index (χ1) is 15.6. The highest BCUT2D eigenvalue weighted by Crippen LogP contribution is 2.27. The number of pyridine rings is 2. The lowest BCUT2D eigenvalue weighted by molar-refractivity contribution is 0.313. The zero-order valence-corrected chi connectivity index (χ0v) is 17.5. The highest BCUT2D eigenvalue weighted by atomic mass is 19.1. The predicted molar refractivity (Wildman–Crippen MR) is 120 cm³/mol. The molecule has 0 radical (unpaired) electrons. The van der Waals surface area contributed by atoms with Crippen molar-refractivity contribution in [3.8, 4) is 11.3 Å². The van der Waals surface area contributed by atoms with Gasteiger partial charge in [0.1, 0.15) is 22.8 Å². The van der Waals surface area contributed by atoms with E-state index in [1.54, 1.807) is 24.4 Å². The minimum atomic E-state index is -0.642. The Morgan fingerprint density at radius 3 is 2.53 bits per heavy atom. The molecular formula is C23H21F2N7. The number of fused-ring (bicyclic) bond motifs is 1. The Kier molecular flexibility index (Phi) is 5.32. The summed E-state index contributed by atoms with van der Waals surface area (Å²) in [7, 11) is 2.11. The van der Waals surface area contributed by atoms with Crippen LogP contribution in [0.3, 0.4) is 0 Å². The predicted octanol–water partition coefficient (Wildman–Crippen LogP) is 3.86. The minimum Gasteiger partial charge on any atom is -0.368 e. The highest BCUT2D eigenvalue weighted by Gasteiger charge is 2.16. The Hall–Kier alpha value is -3.72. The number of hydrogen-bond acceptors (Lipinski definition) is 7. The number of benzene rings is 1. The van der Waals surface area contributed by atoms with Crippen molar-refractivity contribution < 1.29 is 8.78 Å². The van der Waals surface area contributed by atoms with E-state index in [4.69, 9.17) is 0 Å². The zero-order valence-electron chi connectivity index (χ0n) is 17.5. The van der Waals surface area contributed by atoms with Gasteiger partial charge in [-0.15, -0.1) is 0 Å². The normalized spacial score (nSPS) is 14.7. The van der Waals surface area contributed by atoms with Crippen LogP contribution in [0.15, 0.2) is 55.0 Å². The first-order valence-electron chi connectivity index (χ1n) is 10.3. The lowest BCUT2D eigenvalue weighted by atomic mass is 10.1. The number of hydrogen-bond donors (Lipinski definition) is 1. The molecular weight excluding hydrogens is 412 g/mol. The highest BCUT2D eigenvalue weighted by molar-refractivity contribution is 5.84. The van der Waals surface area contributed by atoms with Crippen LogP contribution in [0, 0.1) is 11.6 Å². The summed E-state index contributed by atoms with van der Waals surface area (Å²) in [5, 5.41) is 3.56. The van der Waals surface area contributed by atoms with Gasteiger partial charge in [-0.1, -0.05) is 6.07 Å². The molecule has 1 aromatic carbocycles. The molecule has 3 aromatic heterocycles. The van der Waals surface area contributed by atoms with E-state index in [0.29, 0.717) is 16.8 Å². The molecule has 0 aliphatic carbocycles. The summed E-state index contributed by atoms with van der Waals surface area (Å²) in [6.07, 6.45) is 4.37. The molecule has 4 aromatic rings. The second-order valence-corrected chi connectivity index (χ2v) is 7.74. The first-order valence-corrected chi connectivity index (χ1v) is 10.3. The van der Waals surface area contributed by atoms with Gasteiger partial charge in [-0.3, -0.25) is 4.98 Å². The van der Waals surface area contributed by atoms with E-state index in [1.807, 2.05) is 12.1 Å². The van der Waals surface area contributed by atoms with Crippen molar-refractivity contribution in [3.63, 3.8) is 0 Å². The van der Waals surface area contributed by atoms with Crippen molar-refractivity contribution in [2.45, 2.75) is 0 Å². The number of nitrogens with one attached hydrogen (secondary N) is 1. The molecule has 1 saturated heterocycles. The maximum Gasteiger partial charge on any atom is 0.229 e. The molecule has 4 heterocycles. The van der Waals surface area contributed by atoms with Gasteiger partial charge >= 0.3 is 0 Å². The van der Waals surface area contributed by atoms with Crippen LogP contribution >= 0.6 is 0 Å². The van der Waals surface area contributed by atoms with E-state index in [2.05, 4.69) is 42.1 Å². The Morgan fingerprint density at radius 2 is 1.75 bits per heavy atom. The van der Waals surface area contributed by atoms with Crippen LogP contribution in [0.2, 0.25) is 0 Å². The van der Waals surface area contributed by atoms with E-state index >= 15 is 0 Å². The van der Waals surface area contributed by atoms with Gasteiger partial charge in [0.25, 0.3) is 0 Å². The molecule has 0 bridgehead atoms. The van der Waals surface area contributed by atoms with E-state index in [1.165, 1.54) is 12.3 Å². The van der Waals surface area contributed by atoms with Crippen molar-refractivity contribution >= 4 is 28.4 Å². The summed E-state index contributed by atoms with van der Waals surface area (Å²) < 4.78 is 29.0. The Labute approximate surface area is 183 Å². The molecule has 162 valence electrons. The summed E-state index contributed by atoms with van der Waals surface area (Å²) >= 11 is 0. The molecule has 1 aliphatic heterocycles. The molecule has 32 heavy (non-hydrogen) atoms. The van der Waals surface area contributed by atoms with Gasteiger partial charge in [-0.2, -0.15) is 0 Å². The first kappa shape index (κ1) is 20.2. The minimum absolute atomic E-state index is 0.00112. The Balaban J connectivity index is 1.39. The molecule has 1 N–H and O–H groups in total. The van der Waals surface area contributed by atoms with Gasteiger partial charge in [-0.25, -0.2) is 23.7 Å². The average Bonchev–Trinajstić information content (AvgIpc) is 2.81. The summed E-state index contributed by atoms with van der Waals surface area (Å²) in [6.45, 7) is 3.93. The Morgan fingerprint density at radius 1 is 0.906 bits per heavy atom. The van der Waals surface area contributed by atoms with Crippen molar-refractivity contribution in [1.82, 2.24) is 24.8 Å². The van der Waals surface area contributed by atoms with Crippen LogP contribution in [0.5, 0.6) is 0 Å². The fourth-order valence-corrected chi connectivity index (χ4v) is 3.74. The molecule has 0 spiro atoms. The zero-order chi connectivity index (χ0) is 22.1. The maximum absolute atomic E-state index is 14.5. The van der Waals surface area contributed by atoms with Gasteiger partial charge in [-0.05, 0) is 37.4 Å². The third kappa shape index (κ3) is 4.06. The molecule has 9 heteroatoms. The standard InChI is InChI=1S/C23H21F2N7/c1-31-7-9-32(10-8-31)17-4-5-20(27-13-17)29-23-28-14-19(25)22(30-23)16-11-15-3-2-6-26-21(15)18(24)12-16/h2-6,11-14H,7-10H2,1H3,(H,27,28,29,30). The summed E-state index contributed by atoms with van der Waals surface area (Å²) in [5.41, 5.74) is 1.59. The SMILES string of the molecule is CN1CCN(c2ccc(Nc3ncc(F)c(-c4cc(F)c5ncccc5c4)n3)nc2)CC1. The molecule has 0 saturated carbocycles. The van der Waals surface area contributed by atoms with Crippen molar-refractivity contribution in [2.75, 3.05) is 43.4 Å². The van der Waals surface area contributed by atoms with Gasteiger partial charge in [0.15, 0.2) is 5.82 Å². The largest absolute Gasteiger partial charge is 0.368 e. The van der Waals surface area contributed by atoms with E-state index < -0.39 is 11.6 Å². The summed E-state index contributed by atoms with van der Waals surface area (Å²) in [6, 6.07) is 10.1. The fourth-order valence-electron chi connectivity index (χ4n) is 3.74. The molecule has 0 atom stereocenters. The van der Waals surface area contributed by atoms with Crippen LogP contribution in [0.1, 0.15) is 0 Å². The number of piperazine rings is 1. The number of nitrogens with zero attached hydrogens (tertiary/aromatic N) is 6. The van der Waals surface area contributed by atoms with Crippen molar-refractivity contribution in [1.29, 1.82) is 0 Å². The van der Waals surface area contributed by atoms with Gasteiger partial charge in [0.05, 0.1) is 18.1 Å². The summed E-state index contributed by atoms with van der Waals surface area (Å²) in [5.74, 6) is -0.467. The number of anilines is 3. The molecule has 7 nitrogen and oxygen atoms in total. The van der Waals surface area contributed by atoms with E-state index in [9.17, 15) is 8.78 Å². The number of rotatable bonds is 4. The van der Waals surface area contributed by atoms with Crippen LogP contribution in [0.25, 0.3) is 22.2 Å². The maximum atomic E-state index is 14.5. The Bertz CT molecular complexity index is 1260.